The Balaban J connectivity index is 1.45. The van der Waals surface area contributed by atoms with Gasteiger partial charge in [-0.3, -0.25) is 9.59 Å². The van der Waals surface area contributed by atoms with E-state index >= 15 is 0 Å². The van der Waals surface area contributed by atoms with Gasteiger partial charge in [-0.25, -0.2) is 0 Å². The summed E-state index contributed by atoms with van der Waals surface area (Å²) in [5.41, 5.74) is 1.25. The van der Waals surface area contributed by atoms with Crippen LogP contribution in [0.1, 0.15) is 38.6 Å². The topological polar surface area (TPSA) is 88.3 Å². The first-order valence-corrected chi connectivity index (χ1v) is 8.31. The molecule has 0 atom stereocenters. The monoisotopic (exact) mass is 334 g/mol. The predicted molar refractivity (Wildman–Crippen MR) is 84.3 cm³/mol. The first-order valence-electron chi connectivity index (χ1n) is 7.54. The molecule has 1 aliphatic rings. The number of furan rings is 1. The number of amides is 2. The lowest BCUT2D eigenvalue weighted by atomic mass is 9.96. The van der Waals surface area contributed by atoms with Crippen LogP contribution in [0.25, 0.3) is 0 Å². The summed E-state index contributed by atoms with van der Waals surface area (Å²) in [5.74, 6) is 0.274. The third kappa shape index (κ3) is 3.58. The Bertz CT molecular complexity index is 675. The SMILES string of the molecule is Cc1nnsc1C(=O)NCC1CCN(C(=O)c2ccoc2)CC1. The molecule has 3 rings (SSSR count). The maximum atomic E-state index is 12.2. The fourth-order valence-corrected chi connectivity index (χ4v) is 3.24. The van der Waals surface area contributed by atoms with E-state index in [-0.39, 0.29) is 11.8 Å². The number of carbonyl (C=O) groups excluding carboxylic acids is 2. The highest BCUT2D eigenvalue weighted by Crippen LogP contribution is 2.19. The molecular formula is C15H18N4O3S. The molecule has 2 amide bonds. The number of likely N-dealkylation sites (tertiary alicyclic amines) is 1. The van der Waals surface area contributed by atoms with E-state index in [9.17, 15) is 9.59 Å². The van der Waals surface area contributed by atoms with Gasteiger partial charge in [-0.15, -0.1) is 5.10 Å². The molecule has 0 saturated carbocycles. The highest BCUT2D eigenvalue weighted by atomic mass is 32.1. The minimum Gasteiger partial charge on any atom is -0.472 e. The van der Waals surface area contributed by atoms with Crippen LogP contribution in [0.2, 0.25) is 0 Å². The van der Waals surface area contributed by atoms with Gasteiger partial charge >= 0.3 is 0 Å². The Morgan fingerprint density at radius 3 is 2.83 bits per heavy atom. The summed E-state index contributed by atoms with van der Waals surface area (Å²) in [4.78, 5) is 26.7. The van der Waals surface area contributed by atoms with Gasteiger partial charge in [0.2, 0.25) is 0 Å². The number of nitrogens with one attached hydrogen (secondary N) is 1. The second-order valence-electron chi connectivity index (χ2n) is 5.65. The van der Waals surface area contributed by atoms with Crippen molar-refractivity contribution in [1.82, 2.24) is 19.8 Å². The molecule has 2 aromatic rings. The molecule has 122 valence electrons. The number of aromatic nitrogens is 2. The summed E-state index contributed by atoms with van der Waals surface area (Å²) in [6, 6.07) is 1.68. The van der Waals surface area contributed by atoms with Crippen LogP contribution in [0.15, 0.2) is 23.0 Å². The van der Waals surface area contributed by atoms with E-state index in [1.807, 2.05) is 4.90 Å². The van der Waals surface area contributed by atoms with Gasteiger partial charge in [-0.2, -0.15) is 0 Å². The molecule has 1 aliphatic heterocycles. The second kappa shape index (κ2) is 6.91. The molecule has 2 aromatic heterocycles. The zero-order valence-corrected chi connectivity index (χ0v) is 13.6. The zero-order valence-electron chi connectivity index (χ0n) is 12.8. The van der Waals surface area contributed by atoms with Crippen molar-refractivity contribution in [1.29, 1.82) is 0 Å². The molecule has 0 spiro atoms. The smallest absolute Gasteiger partial charge is 0.264 e. The minimum absolute atomic E-state index is 0.00703. The minimum atomic E-state index is -0.116. The van der Waals surface area contributed by atoms with E-state index in [0.29, 0.717) is 41.7 Å². The predicted octanol–water partition coefficient (Wildman–Crippen LogP) is 1.72. The van der Waals surface area contributed by atoms with Crippen LogP contribution in [0.5, 0.6) is 0 Å². The highest BCUT2D eigenvalue weighted by Gasteiger charge is 2.24. The van der Waals surface area contributed by atoms with Gasteiger partial charge in [0.15, 0.2) is 0 Å². The van der Waals surface area contributed by atoms with E-state index in [2.05, 4.69) is 14.9 Å². The number of aryl methyl sites for hydroxylation is 1. The van der Waals surface area contributed by atoms with E-state index in [1.165, 1.54) is 12.5 Å². The molecule has 8 heteroatoms. The fourth-order valence-electron chi connectivity index (χ4n) is 2.67. The molecule has 1 fully saturated rings. The van der Waals surface area contributed by atoms with Crippen molar-refractivity contribution in [2.45, 2.75) is 19.8 Å². The number of hydrogen-bond acceptors (Lipinski definition) is 6. The summed E-state index contributed by atoms with van der Waals surface area (Å²) in [7, 11) is 0. The Morgan fingerprint density at radius 1 is 1.43 bits per heavy atom. The molecule has 0 radical (unpaired) electrons. The van der Waals surface area contributed by atoms with Crippen molar-refractivity contribution in [3.8, 4) is 0 Å². The number of hydrogen-bond donors (Lipinski definition) is 1. The lowest BCUT2D eigenvalue weighted by Crippen LogP contribution is -2.41. The molecule has 0 aliphatic carbocycles. The van der Waals surface area contributed by atoms with Gasteiger partial charge in [0.25, 0.3) is 11.8 Å². The van der Waals surface area contributed by atoms with Crippen molar-refractivity contribution in [2.24, 2.45) is 5.92 Å². The van der Waals surface area contributed by atoms with Crippen LogP contribution in [0.4, 0.5) is 0 Å². The van der Waals surface area contributed by atoms with Crippen molar-refractivity contribution in [3.63, 3.8) is 0 Å². The molecular weight excluding hydrogens is 316 g/mol. The van der Waals surface area contributed by atoms with Crippen LogP contribution in [-0.4, -0.2) is 45.9 Å². The quantitative estimate of drug-likeness (QED) is 0.920. The van der Waals surface area contributed by atoms with Gasteiger partial charge in [0.1, 0.15) is 11.1 Å². The van der Waals surface area contributed by atoms with Crippen LogP contribution in [0.3, 0.4) is 0 Å². The first kappa shape index (κ1) is 15.7. The van der Waals surface area contributed by atoms with Gasteiger partial charge in [-0.05, 0) is 43.3 Å². The van der Waals surface area contributed by atoms with Crippen LogP contribution >= 0.6 is 11.5 Å². The fraction of sp³-hybridized carbons (Fsp3) is 0.467. The normalized spacial score (nSPS) is 15.6. The summed E-state index contributed by atoms with van der Waals surface area (Å²) in [6.45, 7) is 3.79. The van der Waals surface area contributed by atoms with Crippen LogP contribution < -0.4 is 5.32 Å². The Kier molecular flexibility index (Phi) is 4.71. The summed E-state index contributed by atoms with van der Waals surface area (Å²) in [6.07, 6.45) is 4.74. The van der Waals surface area contributed by atoms with E-state index in [0.717, 1.165) is 24.4 Å². The van der Waals surface area contributed by atoms with E-state index < -0.39 is 0 Å². The molecule has 0 bridgehead atoms. The Morgan fingerprint density at radius 2 is 2.22 bits per heavy atom. The molecule has 1 saturated heterocycles. The van der Waals surface area contributed by atoms with Crippen molar-refractivity contribution < 1.29 is 14.0 Å². The number of piperidine rings is 1. The third-order valence-electron chi connectivity index (χ3n) is 4.08. The zero-order chi connectivity index (χ0) is 16.2. The maximum absolute atomic E-state index is 12.2. The standard InChI is InChI=1S/C15H18N4O3S/c1-10-13(23-18-17-10)14(20)16-8-11-2-5-19(6-3-11)15(21)12-4-7-22-9-12/h4,7,9,11H,2-3,5-6,8H2,1H3,(H,16,20). The Hall–Kier alpha value is -2.22. The van der Waals surface area contributed by atoms with E-state index in [4.69, 9.17) is 4.42 Å². The molecule has 1 N–H and O–H groups in total. The molecule has 0 aromatic carbocycles. The van der Waals surface area contributed by atoms with Crippen molar-refractivity contribution >= 4 is 23.3 Å². The summed E-state index contributed by atoms with van der Waals surface area (Å²) >= 11 is 1.11. The molecule has 23 heavy (non-hydrogen) atoms. The number of carbonyl (C=O) groups is 2. The maximum Gasteiger partial charge on any atom is 0.264 e. The molecule has 7 nitrogen and oxygen atoms in total. The number of nitrogens with zero attached hydrogens (tertiary/aromatic N) is 3. The van der Waals surface area contributed by atoms with Crippen LogP contribution in [-0.2, 0) is 0 Å². The number of rotatable bonds is 4. The average molecular weight is 334 g/mol. The lowest BCUT2D eigenvalue weighted by molar-refractivity contribution is 0.0683. The first-order chi connectivity index (χ1) is 11.1. The molecule has 0 unspecified atom stereocenters. The summed E-state index contributed by atoms with van der Waals surface area (Å²) < 4.78 is 8.72. The van der Waals surface area contributed by atoms with E-state index in [1.54, 1.807) is 13.0 Å². The lowest BCUT2D eigenvalue weighted by Gasteiger charge is -2.31. The highest BCUT2D eigenvalue weighted by molar-refractivity contribution is 7.07. The van der Waals surface area contributed by atoms with Gasteiger partial charge in [-0.1, -0.05) is 4.49 Å². The van der Waals surface area contributed by atoms with Crippen molar-refractivity contribution in [3.05, 3.63) is 34.7 Å². The Labute approximate surface area is 137 Å². The van der Waals surface area contributed by atoms with Gasteiger partial charge in [0, 0.05) is 19.6 Å². The summed E-state index contributed by atoms with van der Waals surface area (Å²) in [5, 5.41) is 6.78. The largest absolute Gasteiger partial charge is 0.472 e. The van der Waals surface area contributed by atoms with Crippen LogP contribution in [0, 0.1) is 12.8 Å². The molecule has 3 heterocycles. The van der Waals surface area contributed by atoms with Gasteiger partial charge < -0.3 is 14.6 Å². The van der Waals surface area contributed by atoms with Gasteiger partial charge in [0.05, 0.1) is 17.5 Å². The van der Waals surface area contributed by atoms with Crippen molar-refractivity contribution in [2.75, 3.05) is 19.6 Å². The second-order valence-corrected chi connectivity index (χ2v) is 6.40. The average Bonchev–Trinajstić information content (AvgIpc) is 3.24. The third-order valence-corrected chi connectivity index (χ3v) is 4.91.